The molecule has 3 heterocycles. The lowest BCUT2D eigenvalue weighted by Gasteiger charge is -2.36. The molecule has 1 aromatic carbocycles. The number of carbonyl (C=O) groups excluding carboxylic acids is 1. The van der Waals surface area contributed by atoms with Crippen molar-refractivity contribution >= 4 is 17.5 Å². The standard InChI is InChI=1S/C22H28FN5O/c1-2-19-5-3-4-10-28(19)22-24-15-17(16-25-22)21(29)27-13-11-26(12-14-27)20-8-6-18(23)7-9-20/h6-9,15-16,19H,2-5,10-14H2,1H3. The number of halogens is 1. The molecular formula is C22H28FN5O. The van der Waals surface area contributed by atoms with Crippen LogP contribution in [0.2, 0.25) is 0 Å². The Hall–Kier alpha value is -2.70. The summed E-state index contributed by atoms with van der Waals surface area (Å²) < 4.78 is 13.1. The van der Waals surface area contributed by atoms with Gasteiger partial charge in [0.2, 0.25) is 5.95 Å². The number of piperidine rings is 1. The fourth-order valence-corrected chi connectivity index (χ4v) is 4.27. The minimum Gasteiger partial charge on any atom is -0.368 e. The SMILES string of the molecule is CCC1CCCCN1c1ncc(C(=O)N2CCN(c3ccc(F)cc3)CC2)cn1. The molecule has 154 valence electrons. The number of nitrogens with zero attached hydrogens (tertiary/aromatic N) is 5. The summed E-state index contributed by atoms with van der Waals surface area (Å²) in [5, 5.41) is 0. The predicted molar refractivity (Wildman–Crippen MR) is 112 cm³/mol. The predicted octanol–water partition coefficient (Wildman–Crippen LogP) is 3.35. The molecule has 1 unspecified atom stereocenters. The normalized spacial score (nSPS) is 20.1. The number of hydrogen-bond donors (Lipinski definition) is 0. The quantitative estimate of drug-likeness (QED) is 0.792. The van der Waals surface area contributed by atoms with Crippen molar-refractivity contribution in [3.63, 3.8) is 0 Å². The monoisotopic (exact) mass is 397 g/mol. The summed E-state index contributed by atoms with van der Waals surface area (Å²) in [6.45, 7) is 5.89. The highest BCUT2D eigenvalue weighted by molar-refractivity contribution is 5.93. The lowest BCUT2D eigenvalue weighted by molar-refractivity contribution is 0.0746. The van der Waals surface area contributed by atoms with E-state index < -0.39 is 0 Å². The Labute approximate surface area is 171 Å². The number of amides is 1. The van der Waals surface area contributed by atoms with Crippen molar-refractivity contribution in [2.45, 2.75) is 38.6 Å². The molecule has 0 spiro atoms. The third kappa shape index (κ3) is 4.33. The number of carbonyl (C=O) groups is 1. The van der Waals surface area contributed by atoms with Crippen molar-refractivity contribution in [2.24, 2.45) is 0 Å². The van der Waals surface area contributed by atoms with E-state index in [2.05, 4.69) is 26.7 Å². The van der Waals surface area contributed by atoms with Gasteiger partial charge in [-0.05, 0) is 49.9 Å². The zero-order chi connectivity index (χ0) is 20.2. The summed E-state index contributed by atoms with van der Waals surface area (Å²) >= 11 is 0. The second-order valence-electron chi connectivity index (χ2n) is 7.78. The molecule has 0 radical (unpaired) electrons. The Morgan fingerprint density at radius 1 is 1.03 bits per heavy atom. The number of hydrogen-bond acceptors (Lipinski definition) is 5. The maximum Gasteiger partial charge on any atom is 0.257 e. The molecule has 6 nitrogen and oxygen atoms in total. The van der Waals surface area contributed by atoms with Crippen molar-refractivity contribution in [1.29, 1.82) is 0 Å². The molecule has 1 aromatic heterocycles. The Kier molecular flexibility index (Phi) is 5.92. The van der Waals surface area contributed by atoms with Crippen LogP contribution >= 0.6 is 0 Å². The first-order valence-electron chi connectivity index (χ1n) is 10.5. The van der Waals surface area contributed by atoms with Crippen molar-refractivity contribution in [3.8, 4) is 0 Å². The summed E-state index contributed by atoms with van der Waals surface area (Å²) in [5.74, 6) is 0.469. The first-order chi connectivity index (χ1) is 14.2. The molecular weight excluding hydrogens is 369 g/mol. The van der Waals surface area contributed by atoms with Crippen LogP contribution in [0.15, 0.2) is 36.7 Å². The molecule has 0 aliphatic carbocycles. The molecule has 1 atom stereocenters. The molecule has 2 fully saturated rings. The van der Waals surface area contributed by atoms with Gasteiger partial charge in [0.05, 0.1) is 5.56 Å². The van der Waals surface area contributed by atoms with E-state index in [1.807, 2.05) is 4.90 Å². The minimum absolute atomic E-state index is 0.0269. The lowest BCUT2D eigenvalue weighted by Crippen LogP contribution is -2.48. The van der Waals surface area contributed by atoms with E-state index in [0.717, 1.165) is 37.7 Å². The van der Waals surface area contributed by atoms with E-state index in [1.54, 1.807) is 24.5 Å². The largest absolute Gasteiger partial charge is 0.368 e. The highest BCUT2D eigenvalue weighted by Gasteiger charge is 2.25. The Balaban J connectivity index is 1.37. The molecule has 0 bridgehead atoms. The van der Waals surface area contributed by atoms with Crippen LogP contribution in [-0.4, -0.2) is 59.5 Å². The number of rotatable bonds is 4. The zero-order valence-corrected chi connectivity index (χ0v) is 16.9. The Morgan fingerprint density at radius 3 is 2.38 bits per heavy atom. The van der Waals surface area contributed by atoms with Gasteiger partial charge in [-0.3, -0.25) is 4.79 Å². The van der Waals surface area contributed by atoms with Crippen LogP contribution < -0.4 is 9.80 Å². The molecule has 2 aliphatic rings. The topological polar surface area (TPSA) is 52.6 Å². The van der Waals surface area contributed by atoms with Gasteiger partial charge < -0.3 is 14.7 Å². The maximum absolute atomic E-state index is 13.1. The molecule has 7 heteroatoms. The summed E-state index contributed by atoms with van der Waals surface area (Å²) in [6.07, 6.45) is 8.02. The first-order valence-corrected chi connectivity index (χ1v) is 10.5. The third-order valence-electron chi connectivity index (χ3n) is 6.00. The van der Waals surface area contributed by atoms with Crippen LogP contribution in [0.5, 0.6) is 0 Å². The average molecular weight is 397 g/mol. The summed E-state index contributed by atoms with van der Waals surface area (Å²) in [5.41, 5.74) is 1.52. The van der Waals surface area contributed by atoms with Crippen LogP contribution in [-0.2, 0) is 0 Å². The van der Waals surface area contributed by atoms with Gasteiger partial charge >= 0.3 is 0 Å². The second-order valence-corrected chi connectivity index (χ2v) is 7.78. The van der Waals surface area contributed by atoms with Crippen molar-refractivity contribution in [2.75, 3.05) is 42.5 Å². The van der Waals surface area contributed by atoms with E-state index in [9.17, 15) is 9.18 Å². The summed E-state index contributed by atoms with van der Waals surface area (Å²) in [6, 6.07) is 6.99. The minimum atomic E-state index is -0.235. The molecule has 2 aliphatic heterocycles. The maximum atomic E-state index is 13.1. The fourth-order valence-electron chi connectivity index (χ4n) is 4.27. The Morgan fingerprint density at radius 2 is 1.72 bits per heavy atom. The van der Waals surface area contributed by atoms with E-state index in [1.165, 1.54) is 31.4 Å². The molecule has 0 saturated carbocycles. The smallest absolute Gasteiger partial charge is 0.257 e. The number of aromatic nitrogens is 2. The van der Waals surface area contributed by atoms with Crippen LogP contribution in [0.3, 0.4) is 0 Å². The Bertz CT molecular complexity index is 818. The van der Waals surface area contributed by atoms with E-state index in [-0.39, 0.29) is 11.7 Å². The van der Waals surface area contributed by atoms with E-state index in [4.69, 9.17) is 0 Å². The first kappa shape index (κ1) is 19.6. The van der Waals surface area contributed by atoms with Crippen molar-refractivity contribution < 1.29 is 9.18 Å². The molecule has 2 aromatic rings. The van der Waals surface area contributed by atoms with Gasteiger partial charge in [0.1, 0.15) is 5.82 Å². The van der Waals surface area contributed by atoms with Crippen molar-refractivity contribution in [3.05, 3.63) is 48.0 Å². The summed E-state index contributed by atoms with van der Waals surface area (Å²) in [4.78, 5) is 28.2. The fraction of sp³-hybridized carbons (Fsp3) is 0.500. The number of anilines is 2. The van der Waals surface area contributed by atoms with Gasteiger partial charge in [-0.25, -0.2) is 14.4 Å². The average Bonchev–Trinajstić information content (AvgIpc) is 2.79. The van der Waals surface area contributed by atoms with Crippen molar-refractivity contribution in [1.82, 2.24) is 14.9 Å². The lowest BCUT2D eigenvalue weighted by atomic mass is 10.0. The van der Waals surface area contributed by atoms with Gasteiger partial charge in [0.15, 0.2) is 0 Å². The highest BCUT2D eigenvalue weighted by Crippen LogP contribution is 2.24. The molecule has 29 heavy (non-hydrogen) atoms. The molecule has 0 N–H and O–H groups in total. The van der Waals surface area contributed by atoms with Crippen LogP contribution in [0.1, 0.15) is 43.0 Å². The molecule has 4 rings (SSSR count). The van der Waals surface area contributed by atoms with Crippen LogP contribution in [0.4, 0.5) is 16.0 Å². The van der Waals surface area contributed by atoms with Gasteiger partial charge in [0.25, 0.3) is 5.91 Å². The zero-order valence-electron chi connectivity index (χ0n) is 16.9. The number of benzene rings is 1. The van der Waals surface area contributed by atoms with Gasteiger partial charge in [-0.2, -0.15) is 0 Å². The second kappa shape index (κ2) is 8.76. The molecule has 2 saturated heterocycles. The van der Waals surface area contributed by atoms with Gasteiger partial charge in [-0.1, -0.05) is 6.92 Å². The number of piperazine rings is 1. The summed E-state index contributed by atoms with van der Waals surface area (Å²) in [7, 11) is 0. The van der Waals surface area contributed by atoms with E-state index in [0.29, 0.717) is 24.7 Å². The van der Waals surface area contributed by atoms with Crippen LogP contribution in [0, 0.1) is 5.82 Å². The van der Waals surface area contributed by atoms with Crippen LogP contribution in [0.25, 0.3) is 0 Å². The van der Waals surface area contributed by atoms with Gasteiger partial charge in [0, 0.05) is 56.8 Å². The molecule has 1 amide bonds. The van der Waals surface area contributed by atoms with E-state index >= 15 is 0 Å². The highest BCUT2D eigenvalue weighted by atomic mass is 19.1. The third-order valence-corrected chi connectivity index (χ3v) is 6.00. The van der Waals surface area contributed by atoms with Gasteiger partial charge in [-0.15, -0.1) is 0 Å².